The summed E-state index contributed by atoms with van der Waals surface area (Å²) in [5.41, 5.74) is 2.54. The Kier molecular flexibility index (Phi) is 6.86. The second kappa shape index (κ2) is 8.23. The molecule has 17 heavy (non-hydrogen) atoms. The van der Waals surface area contributed by atoms with Gasteiger partial charge in [-0.2, -0.15) is 0 Å². The first-order chi connectivity index (χ1) is 8.31. The molecule has 0 aliphatic rings. The van der Waals surface area contributed by atoms with Gasteiger partial charge in [-0.15, -0.1) is 0 Å². The number of benzene rings is 1. The Hall–Kier alpha value is -0.900. The molecule has 96 valence electrons. The van der Waals surface area contributed by atoms with E-state index in [0.29, 0.717) is 12.6 Å². The molecule has 1 aromatic carbocycles. The molecule has 0 bridgehead atoms. The average Bonchev–Trinajstić information content (AvgIpc) is 2.36. The van der Waals surface area contributed by atoms with Crippen molar-refractivity contribution in [3.05, 3.63) is 35.4 Å². The summed E-state index contributed by atoms with van der Waals surface area (Å²) in [7, 11) is 3.47. The molecular weight excluding hydrogens is 214 g/mol. The number of rotatable bonds is 8. The highest BCUT2D eigenvalue weighted by molar-refractivity contribution is 5.26. The van der Waals surface area contributed by atoms with E-state index in [1.54, 1.807) is 14.2 Å². The minimum Gasteiger partial charge on any atom is -0.383 e. The lowest BCUT2D eigenvalue weighted by atomic mass is 10.1. The Labute approximate surface area is 104 Å². The number of nitrogens with one attached hydrogen (secondary N) is 1. The molecule has 0 saturated heterocycles. The van der Waals surface area contributed by atoms with Gasteiger partial charge in [-0.1, -0.05) is 31.2 Å². The second-order valence-corrected chi connectivity index (χ2v) is 4.14. The summed E-state index contributed by atoms with van der Waals surface area (Å²) in [6, 6.07) is 8.77. The van der Waals surface area contributed by atoms with Crippen molar-refractivity contribution in [1.29, 1.82) is 0 Å². The molecule has 0 saturated carbocycles. The van der Waals surface area contributed by atoms with Crippen LogP contribution >= 0.6 is 0 Å². The predicted octanol–water partition coefficient (Wildman–Crippen LogP) is 2.35. The van der Waals surface area contributed by atoms with E-state index in [0.717, 1.165) is 19.6 Å². The standard InChI is InChI=1S/C14H23NO2/c1-4-14(11-17-3)15-9-12-7-5-6-8-13(12)10-16-2/h5-8,14-15H,4,9-11H2,1-3H3. The Balaban J connectivity index is 2.55. The van der Waals surface area contributed by atoms with E-state index in [9.17, 15) is 0 Å². The number of ether oxygens (including phenoxy) is 2. The highest BCUT2D eigenvalue weighted by atomic mass is 16.5. The Morgan fingerprint density at radius 1 is 1.12 bits per heavy atom. The lowest BCUT2D eigenvalue weighted by molar-refractivity contribution is 0.163. The van der Waals surface area contributed by atoms with E-state index in [1.807, 2.05) is 6.07 Å². The van der Waals surface area contributed by atoms with E-state index in [-0.39, 0.29) is 0 Å². The molecule has 0 aliphatic carbocycles. The summed E-state index contributed by atoms with van der Waals surface area (Å²) < 4.78 is 10.4. The minimum atomic E-state index is 0.413. The number of hydrogen-bond acceptors (Lipinski definition) is 3. The molecule has 0 amide bonds. The van der Waals surface area contributed by atoms with Crippen molar-refractivity contribution in [2.75, 3.05) is 20.8 Å². The topological polar surface area (TPSA) is 30.5 Å². The monoisotopic (exact) mass is 237 g/mol. The molecule has 0 spiro atoms. The van der Waals surface area contributed by atoms with Crippen LogP contribution in [0, 0.1) is 0 Å². The Morgan fingerprint density at radius 2 is 1.82 bits per heavy atom. The zero-order valence-electron chi connectivity index (χ0n) is 11.0. The first-order valence-corrected chi connectivity index (χ1v) is 6.09. The van der Waals surface area contributed by atoms with E-state index in [4.69, 9.17) is 9.47 Å². The average molecular weight is 237 g/mol. The Bertz CT molecular complexity index is 315. The Morgan fingerprint density at radius 3 is 2.41 bits per heavy atom. The van der Waals surface area contributed by atoms with Crippen molar-refractivity contribution in [2.45, 2.75) is 32.5 Å². The van der Waals surface area contributed by atoms with Crippen LogP contribution in [0.1, 0.15) is 24.5 Å². The molecule has 1 aromatic rings. The first kappa shape index (κ1) is 14.2. The van der Waals surface area contributed by atoms with Gasteiger partial charge in [0.15, 0.2) is 0 Å². The molecule has 0 aromatic heterocycles. The normalized spacial score (nSPS) is 12.6. The van der Waals surface area contributed by atoms with Crippen LogP contribution in [0.3, 0.4) is 0 Å². The van der Waals surface area contributed by atoms with E-state index < -0.39 is 0 Å². The molecule has 0 radical (unpaired) electrons. The lowest BCUT2D eigenvalue weighted by Gasteiger charge is -2.17. The van der Waals surface area contributed by atoms with Crippen molar-refractivity contribution in [3.63, 3.8) is 0 Å². The zero-order valence-corrected chi connectivity index (χ0v) is 11.0. The fraction of sp³-hybridized carbons (Fsp3) is 0.571. The number of methoxy groups -OCH3 is 2. The predicted molar refractivity (Wildman–Crippen MR) is 69.9 cm³/mol. The third-order valence-electron chi connectivity index (χ3n) is 2.86. The van der Waals surface area contributed by atoms with Gasteiger partial charge < -0.3 is 14.8 Å². The van der Waals surface area contributed by atoms with Crippen molar-refractivity contribution >= 4 is 0 Å². The van der Waals surface area contributed by atoms with Gasteiger partial charge in [0.25, 0.3) is 0 Å². The third-order valence-corrected chi connectivity index (χ3v) is 2.86. The fourth-order valence-electron chi connectivity index (χ4n) is 1.80. The van der Waals surface area contributed by atoms with Crippen LogP contribution < -0.4 is 5.32 Å². The third kappa shape index (κ3) is 4.86. The molecule has 1 atom stereocenters. The highest BCUT2D eigenvalue weighted by Gasteiger charge is 2.06. The molecule has 0 aliphatic heterocycles. The molecule has 0 heterocycles. The maximum Gasteiger partial charge on any atom is 0.0716 e. The van der Waals surface area contributed by atoms with Crippen molar-refractivity contribution in [2.24, 2.45) is 0 Å². The summed E-state index contributed by atoms with van der Waals surface area (Å²) >= 11 is 0. The molecule has 3 heteroatoms. The van der Waals surface area contributed by atoms with Crippen LogP contribution in [-0.4, -0.2) is 26.9 Å². The van der Waals surface area contributed by atoms with Crippen molar-refractivity contribution in [3.8, 4) is 0 Å². The summed E-state index contributed by atoms with van der Waals surface area (Å²) in [5.74, 6) is 0. The van der Waals surface area contributed by atoms with Crippen LogP contribution in [-0.2, 0) is 22.6 Å². The SMILES string of the molecule is CCC(COC)NCc1ccccc1COC. The quantitative estimate of drug-likeness (QED) is 0.753. The maximum absolute atomic E-state index is 5.20. The molecule has 0 fully saturated rings. The molecule has 1 unspecified atom stereocenters. The van der Waals surface area contributed by atoms with Gasteiger partial charge in [0.2, 0.25) is 0 Å². The molecule has 3 nitrogen and oxygen atoms in total. The molecule has 1 rings (SSSR count). The van der Waals surface area contributed by atoms with E-state index in [1.165, 1.54) is 11.1 Å². The largest absolute Gasteiger partial charge is 0.383 e. The van der Waals surface area contributed by atoms with Gasteiger partial charge in [-0.05, 0) is 17.5 Å². The summed E-state index contributed by atoms with van der Waals surface area (Å²) in [6.07, 6.45) is 1.07. The summed E-state index contributed by atoms with van der Waals surface area (Å²) in [5, 5.41) is 3.50. The van der Waals surface area contributed by atoms with Crippen LogP contribution in [0.25, 0.3) is 0 Å². The maximum atomic E-state index is 5.20. The van der Waals surface area contributed by atoms with Gasteiger partial charge in [0, 0.05) is 26.8 Å². The minimum absolute atomic E-state index is 0.413. The smallest absolute Gasteiger partial charge is 0.0716 e. The van der Waals surface area contributed by atoms with Crippen LogP contribution in [0.4, 0.5) is 0 Å². The summed E-state index contributed by atoms with van der Waals surface area (Å²) in [4.78, 5) is 0. The lowest BCUT2D eigenvalue weighted by Crippen LogP contribution is -2.32. The van der Waals surface area contributed by atoms with Crippen LogP contribution in [0.15, 0.2) is 24.3 Å². The van der Waals surface area contributed by atoms with Gasteiger partial charge >= 0.3 is 0 Å². The van der Waals surface area contributed by atoms with Gasteiger partial charge in [0.05, 0.1) is 13.2 Å². The molecular formula is C14H23NO2. The van der Waals surface area contributed by atoms with Crippen molar-refractivity contribution in [1.82, 2.24) is 5.32 Å². The van der Waals surface area contributed by atoms with Gasteiger partial charge in [0.1, 0.15) is 0 Å². The summed E-state index contributed by atoms with van der Waals surface area (Å²) in [6.45, 7) is 4.45. The van der Waals surface area contributed by atoms with E-state index >= 15 is 0 Å². The van der Waals surface area contributed by atoms with Gasteiger partial charge in [-0.3, -0.25) is 0 Å². The zero-order chi connectivity index (χ0) is 12.5. The van der Waals surface area contributed by atoms with Gasteiger partial charge in [-0.25, -0.2) is 0 Å². The van der Waals surface area contributed by atoms with Crippen LogP contribution in [0.5, 0.6) is 0 Å². The van der Waals surface area contributed by atoms with E-state index in [2.05, 4.69) is 30.4 Å². The first-order valence-electron chi connectivity index (χ1n) is 6.09. The number of hydrogen-bond donors (Lipinski definition) is 1. The highest BCUT2D eigenvalue weighted by Crippen LogP contribution is 2.10. The van der Waals surface area contributed by atoms with Crippen molar-refractivity contribution < 1.29 is 9.47 Å². The second-order valence-electron chi connectivity index (χ2n) is 4.14. The fourth-order valence-corrected chi connectivity index (χ4v) is 1.80. The van der Waals surface area contributed by atoms with Crippen LogP contribution in [0.2, 0.25) is 0 Å². The molecule has 1 N–H and O–H groups in total.